The monoisotopic (exact) mass is 390 g/mol. The fourth-order valence-corrected chi connectivity index (χ4v) is 5.22. The van der Waals surface area contributed by atoms with Crippen molar-refractivity contribution in [2.24, 2.45) is 5.92 Å². The summed E-state index contributed by atoms with van der Waals surface area (Å²) in [5, 5.41) is 0. The van der Waals surface area contributed by atoms with Crippen LogP contribution in [-0.2, 0) is 14.8 Å². The van der Waals surface area contributed by atoms with Crippen LogP contribution in [0.2, 0.25) is 0 Å². The first-order valence-corrected chi connectivity index (χ1v) is 10.9. The molecule has 2 fully saturated rings. The number of hydrogen-bond donors (Lipinski definition) is 0. The second kappa shape index (κ2) is 8.87. The van der Waals surface area contributed by atoms with E-state index >= 15 is 0 Å². The number of ether oxygens (including phenoxy) is 1. The molecule has 1 aromatic rings. The van der Waals surface area contributed by atoms with E-state index < -0.39 is 10.0 Å². The summed E-state index contributed by atoms with van der Waals surface area (Å²) in [5.74, 6) is 2.66. The summed E-state index contributed by atoms with van der Waals surface area (Å²) >= 11 is 0. The Bertz CT molecular complexity index is 792. The lowest BCUT2D eigenvalue weighted by molar-refractivity contribution is 0.0534. The van der Waals surface area contributed by atoms with Crippen LogP contribution in [0.3, 0.4) is 0 Å². The van der Waals surface area contributed by atoms with Crippen molar-refractivity contribution in [1.29, 1.82) is 0 Å². The van der Waals surface area contributed by atoms with Crippen molar-refractivity contribution >= 4 is 15.9 Å². The van der Waals surface area contributed by atoms with Crippen molar-refractivity contribution in [2.45, 2.75) is 30.6 Å². The number of carbonyl (C=O) groups excluding carboxylic acids is 1. The van der Waals surface area contributed by atoms with Crippen LogP contribution >= 0.6 is 0 Å². The molecule has 2 saturated heterocycles. The molecule has 7 heteroatoms. The zero-order valence-corrected chi connectivity index (χ0v) is 16.3. The number of sulfonamides is 1. The lowest BCUT2D eigenvalue weighted by Gasteiger charge is -2.32. The van der Waals surface area contributed by atoms with Gasteiger partial charge >= 0.3 is 0 Å². The van der Waals surface area contributed by atoms with Gasteiger partial charge in [-0.3, -0.25) is 4.79 Å². The highest BCUT2D eigenvalue weighted by Crippen LogP contribution is 2.23. The highest BCUT2D eigenvalue weighted by molar-refractivity contribution is 7.89. The van der Waals surface area contributed by atoms with E-state index in [1.807, 2.05) is 4.90 Å². The Morgan fingerprint density at radius 1 is 1.15 bits per heavy atom. The summed E-state index contributed by atoms with van der Waals surface area (Å²) in [6, 6.07) is 6.31. The Kier molecular flexibility index (Phi) is 6.53. The third-order valence-corrected chi connectivity index (χ3v) is 7.06. The molecule has 2 heterocycles. The van der Waals surface area contributed by atoms with E-state index in [4.69, 9.17) is 11.2 Å². The first kappa shape index (κ1) is 19.9. The van der Waals surface area contributed by atoms with E-state index in [1.54, 1.807) is 24.3 Å². The van der Waals surface area contributed by atoms with Crippen molar-refractivity contribution in [3.05, 3.63) is 29.8 Å². The third kappa shape index (κ3) is 4.70. The van der Waals surface area contributed by atoms with E-state index in [9.17, 15) is 13.2 Å². The molecular weight excluding hydrogens is 364 g/mol. The van der Waals surface area contributed by atoms with Gasteiger partial charge in [0.15, 0.2) is 0 Å². The lowest BCUT2D eigenvalue weighted by Crippen LogP contribution is -2.41. The molecule has 1 unspecified atom stereocenters. The molecule has 0 aromatic heterocycles. The van der Waals surface area contributed by atoms with Crippen LogP contribution in [0.4, 0.5) is 0 Å². The van der Waals surface area contributed by atoms with Gasteiger partial charge in [0.2, 0.25) is 10.0 Å². The largest absolute Gasteiger partial charge is 0.368 e. The maximum atomic E-state index is 12.8. The number of likely N-dealkylation sites (tertiary alicyclic amines) is 1. The van der Waals surface area contributed by atoms with Crippen molar-refractivity contribution in [3.63, 3.8) is 0 Å². The van der Waals surface area contributed by atoms with Gasteiger partial charge in [0.05, 0.1) is 11.5 Å². The second-order valence-electron chi connectivity index (χ2n) is 7.11. The minimum atomic E-state index is -3.45. The molecule has 1 atom stereocenters. The number of benzene rings is 1. The SMILES string of the molecule is C#CCOCC1CCCN(C(=O)c2ccc(S(=O)(=O)N3CCCC3)cc2)C1. The summed E-state index contributed by atoms with van der Waals surface area (Å²) in [4.78, 5) is 14.9. The number of piperidine rings is 1. The molecule has 0 N–H and O–H groups in total. The van der Waals surface area contributed by atoms with E-state index in [-0.39, 0.29) is 23.3 Å². The quantitative estimate of drug-likeness (QED) is 0.550. The van der Waals surface area contributed by atoms with Gasteiger partial charge in [0, 0.05) is 37.7 Å². The van der Waals surface area contributed by atoms with E-state index in [2.05, 4.69) is 5.92 Å². The third-order valence-electron chi connectivity index (χ3n) is 5.15. The summed E-state index contributed by atoms with van der Waals surface area (Å²) < 4.78 is 32.1. The molecule has 0 bridgehead atoms. The number of rotatable bonds is 6. The van der Waals surface area contributed by atoms with Crippen LogP contribution < -0.4 is 0 Å². The molecule has 1 aromatic carbocycles. The summed E-state index contributed by atoms with van der Waals surface area (Å²) in [7, 11) is -3.45. The number of amides is 1. The first-order valence-electron chi connectivity index (χ1n) is 9.43. The average molecular weight is 391 g/mol. The zero-order chi connectivity index (χ0) is 19.3. The fraction of sp³-hybridized carbons (Fsp3) is 0.550. The smallest absolute Gasteiger partial charge is 0.253 e. The van der Waals surface area contributed by atoms with E-state index in [0.29, 0.717) is 38.3 Å². The molecule has 1 amide bonds. The number of nitrogens with zero attached hydrogens (tertiary/aromatic N) is 2. The molecule has 27 heavy (non-hydrogen) atoms. The molecular formula is C20H26N2O4S. The Morgan fingerprint density at radius 3 is 2.52 bits per heavy atom. The normalized spacial score (nSPS) is 21.1. The van der Waals surface area contributed by atoms with Gasteiger partial charge in [-0.25, -0.2) is 8.42 Å². The molecule has 3 rings (SSSR count). The van der Waals surface area contributed by atoms with Gasteiger partial charge in [-0.2, -0.15) is 4.31 Å². The average Bonchev–Trinajstić information content (AvgIpc) is 3.24. The van der Waals surface area contributed by atoms with Gasteiger partial charge in [-0.05, 0) is 49.9 Å². The maximum absolute atomic E-state index is 12.8. The van der Waals surface area contributed by atoms with Gasteiger partial charge in [0.1, 0.15) is 6.61 Å². The van der Waals surface area contributed by atoms with Crippen LogP contribution in [0, 0.1) is 18.3 Å². The second-order valence-corrected chi connectivity index (χ2v) is 9.05. The molecule has 6 nitrogen and oxygen atoms in total. The lowest BCUT2D eigenvalue weighted by atomic mass is 9.98. The molecule has 0 saturated carbocycles. The van der Waals surface area contributed by atoms with E-state index in [0.717, 1.165) is 25.7 Å². The van der Waals surface area contributed by atoms with Crippen molar-refractivity contribution in [1.82, 2.24) is 9.21 Å². The first-order chi connectivity index (χ1) is 13.0. The Labute approximate surface area is 161 Å². The maximum Gasteiger partial charge on any atom is 0.253 e. The number of hydrogen-bond acceptors (Lipinski definition) is 4. The van der Waals surface area contributed by atoms with Crippen LogP contribution in [0.15, 0.2) is 29.2 Å². The topological polar surface area (TPSA) is 66.9 Å². The van der Waals surface area contributed by atoms with Gasteiger partial charge in [-0.15, -0.1) is 6.42 Å². The molecule has 2 aliphatic heterocycles. The zero-order valence-electron chi connectivity index (χ0n) is 15.5. The van der Waals surface area contributed by atoms with Crippen LogP contribution in [0.5, 0.6) is 0 Å². The fourth-order valence-electron chi connectivity index (χ4n) is 3.70. The number of terminal acetylenes is 1. The van der Waals surface area contributed by atoms with Crippen LogP contribution in [-0.4, -0.2) is 62.9 Å². The molecule has 0 spiro atoms. The summed E-state index contributed by atoms with van der Waals surface area (Å²) in [5.41, 5.74) is 0.514. The Balaban J connectivity index is 1.64. The van der Waals surface area contributed by atoms with Crippen LogP contribution in [0.25, 0.3) is 0 Å². The molecule has 0 radical (unpaired) electrons. The Hall–Kier alpha value is -1.88. The van der Waals surface area contributed by atoms with Gasteiger partial charge < -0.3 is 9.64 Å². The highest BCUT2D eigenvalue weighted by Gasteiger charge is 2.28. The van der Waals surface area contributed by atoms with E-state index in [1.165, 1.54) is 4.31 Å². The standard InChI is InChI=1S/C20H26N2O4S/c1-2-14-26-16-17-6-5-11-21(15-17)20(23)18-7-9-19(10-8-18)27(24,25)22-12-3-4-13-22/h1,7-10,17H,3-6,11-16H2. The van der Waals surface area contributed by atoms with Crippen LogP contribution in [0.1, 0.15) is 36.0 Å². The predicted molar refractivity (Wildman–Crippen MR) is 103 cm³/mol. The van der Waals surface area contributed by atoms with Gasteiger partial charge in [0.25, 0.3) is 5.91 Å². The highest BCUT2D eigenvalue weighted by atomic mass is 32.2. The van der Waals surface area contributed by atoms with Crippen molar-refractivity contribution in [2.75, 3.05) is 39.4 Å². The summed E-state index contributed by atoms with van der Waals surface area (Å²) in [6.07, 6.45) is 8.94. The number of carbonyl (C=O) groups is 1. The minimum absolute atomic E-state index is 0.0678. The van der Waals surface area contributed by atoms with Gasteiger partial charge in [-0.1, -0.05) is 5.92 Å². The van der Waals surface area contributed by atoms with Crippen molar-refractivity contribution < 1.29 is 17.9 Å². The molecule has 146 valence electrons. The minimum Gasteiger partial charge on any atom is -0.368 e. The Morgan fingerprint density at radius 2 is 1.85 bits per heavy atom. The predicted octanol–water partition coefficient (Wildman–Crippen LogP) is 1.97. The molecule has 0 aliphatic carbocycles. The molecule has 2 aliphatic rings. The van der Waals surface area contributed by atoms with Crippen molar-refractivity contribution in [3.8, 4) is 12.3 Å². The summed E-state index contributed by atoms with van der Waals surface area (Å²) in [6.45, 7) is 3.33.